The van der Waals surface area contributed by atoms with Crippen molar-refractivity contribution in [1.82, 2.24) is 25.1 Å². The zero-order valence-electron chi connectivity index (χ0n) is 15.7. The minimum atomic E-state index is 0.357. The maximum absolute atomic E-state index is 4.54. The first kappa shape index (κ1) is 16.5. The van der Waals surface area contributed by atoms with Gasteiger partial charge < -0.3 is 10.3 Å². The first-order valence-corrected chi connectivity index (χ1v) is 9.31. The molecule has 1 aromatic carbocycles. The molecule has 5 rings (SSSR count). The highest BCUT2D eigenvalue weighted by atomic mass is 15.1. The summed E-state index contributed by atoms with van der Waals surface area (Å²) in [5.74, 6) is 0. The number of anilines is 1. The number of aromatic nitrogens is 5. The number of pyridine rings is 2. The predicted octanol–water partition coefficient (Wildman–Crippen LogP) is 4.99. The molecule has 6 heteroatoms. The second-order valence-electron chi connectivity index (χ2n) is 7.22. The summed E-state index contributed by atoms with van der Waals surface area (Å²) in [6, 6.07) is 14.9. The lowest BCUT2D eigenvalue weighted by Crippen LogP contribution is -2.09. The Morgan fingerprint density at radius 1 is 1.00 bits per heavy atom. The van der Waals surface area contributed by atoms with E-state index < -0.39 is 0 Å². The summed E-state index contributed by atoms with van der Waals surface area (Å²) in [4.78, 5) is 12.1. The monoisotopic (exact) mass is 368 g/mol. The molecule has 0 atom stereocenters. The van der Waals surface area contributed by atoms with Crippen LogP contribution in [0.1, 0.15) is 13.8 Å². The molecule has 4 heterocycles. The van der Waals surface area contributed by atoms with Crippen molar-refractivity contribution < 1.29 is 0 Å². The van der Waals surface area contributed by atoms with E-state index in [9.17, 15) is 0 Å². The number of hydrogen-bond acceptors (Lipinski definition) is 4. The summed E-state index contributed by atoms with van der Waals surface area (Å²) in [6.07, 6.45) is 5.52. The molecule has 0 unspecified atom stereocenters. The fourth-order valence-corrected chi connectivity index (χ4v) is 3.49. The Bertz CT molecular complexity index is 1250. The van der Waals surface area contributed by atoms with Crippen LogP contribution >= 0.6 is 0 Å². The number of nitrogens with zero attached hydrogens (tertiary/aromatic N) is 3. The van der Waals surface area contributed by atoms with Gasteiger partial charge in [0.15, 0.2) is 0 Å². The number of rotatable bonds is 4. The van der Waals surface area contributed by atoms with Gasteiger partial charge in [-0.05, 0) is 55.8 Å². The lowest BCUT2D eigenvalue weighted by molar-refractivity contribution is 0.898. The van der Waals surface area contributed by atoms with Gasteiger partial charge in [0.25, 0.3) is 0 Å². The Balaban J connectivity index is 1.60. The first-order chi connectivity index (χ1) is 13.7. The van der Waals surface area contributed by atoms with Gasteiger partial charge in [0.2, 0.25) is 0 Å². The molecule has 0 aliphatic rings. The van der Waals surface area contributed by atoms with Gasteiger partial charge in [-0.15, -0.1) is 0 Å². The average molecular weight is 368 g/mol. The molecule has 0 spiro atoms. The molecular weight excluding hydrogens is 348 g/mol. The van der Waals surface area contributed by atoms with E-state index in [0.717, 1.165) is 50.1 Å². The third-order valence-corrected chi connectivity index (χ3v) is 4.74. The lowest BCUT2D eigenvalue weighted by Gasteiger charge is -2.11. The van der Waals surface area contributed by atoms with Crippen LogP contribution in [0.15, 0.2) is 61.1 Å². The van der Waals surface area contributed by atoms with E-state index in [4.69, 9.17) is 0 Å². The number of fused-ring (bicyclic) bond motifs is 2. The van der Waals surface area contributed by atoms with Gasteiger partial charge in [-0.2, -0.15) is 5.10 Å². The molecule has 0 radical (unpaired) electrons. The first-order valence-electron chi connectivity index (χ1n) is 9.31. The molecule has 3 N–H and O–H groups in total. The largest absolute Gasteiger partial charge is 0.382 e. The second kappa shape index (κ2) is 6.49. The number of aromatic amines is 2. The quantitative estimate of drug-likeness (QED) is 0.417. The molecule has 5 aromatic rings. The highest BCUT2D eigenvalue weighted by Gasteiger charge is 2.13. The van der Waals surface area contributed by atoms with E-state index in [2.05, 4.69) is 74.6 Å². The molecule has 6 nitrogen and oxygen atoms in total. The van der Waals surface area contributed by atoms with E-state index in [1.54, 1.807) is 6.20 Å². The van der Waals surface area contributed by atoms with E-state index in [1.807, 2.05) is 24.5 Å². The van der Waals surface area contributed by atoms with E-state index in [-0.39, 0.29) is 0 Å². The Kier molecular flexibility index (Phi) is 3.83. The van der Waals surface area contributed by atoms with Gasteiger partial charge in [0, 0.05) is 41.0 Å². The maximum Gasteiger partial charge on any atom is 0.137 e. The summed E-state index contributed by atoms with van der Waals surface area (Å²) in [5.41, 5.74) is 6.88. The smallest absolute Gasteiger partial charge is 0.137 e. The third-order valence-electron chi connectivity index (χ3n) is 4.74. The van der Waals surface area contributed by atoms with Crippen LogP contribution in [0.25, 0.3) is 44.5 Å². The van der Waals surface area contributed by atoms with Crippen LogP contribution < -0.4 is 5.32 Å². The van der Waals surface area contributed by atoms with Crippen LogP contribution in [-0.2, 0) is 0 Å². The van der Waals surface area contributed by atoms with Gasteiger partial charge >= 0.3 is 0 Å². The fourth-order valence-electron chi connectivity index (χ4n) is 3.49. The van der Waals surface area contributed by atoms with E-state index >= 15 is 0 Å². The third kappa shape index (κ3) is 2.89. The summed E-state index contributed by atoms with van der Waals surface area (Å²) >= 11 is 0. The Morgan fingerprint density at radius 3 is 2.79 bits per heavy atom. The molecule has 0 saturated carbocycles. The predicted molar refractivity (Wildman–Crippen MR) is 113 cm³/mol. The molecule has 4 aromatic heterocycles. The molecule has 28 heavy (non-hydrogen) atoms. The Morgan fingerprint density at radius 2 is 1.93 bits per heavy atom. The van der Waals surface area contributed by atoms with Gasteiger partial charge in [-0.1, -0.05) is 6.07 Å². The zero-order chi connectivity index (χ0) is 19.1. The SMILES string of the molecule is CC(C)Nc1cncc(-c2ccc3[nH]nc(-c4cc5cccnc5[nH]4)c3c2)c1. The maximum atomic E-state index is 4.54. The zero-order valence-corrected chi connectivity index (χ0v) is 15.7. The highest BCUT2D eigenvalue weighted by Crippen LogP contribution is 2.31. The molecule has 0 bridgehead atoms. The van der Waals surface area contributed by atoms with Crippen molar-refractivity contribution in [3.63, 3.8) is 0 Å². The second-order valence-corrected chi connectivity index (χ2v) is 7.22. The van der Waals surface area contributed by atoms with Crippen molar-refractivity contribution in [3.8, 4) is 22.5 Å². The van der Waals surface area contributed by atoms with Crippen LogP contribution in [0.3, 0.4) is 0 Å². The van der Waals surface area contributed by atoms with Crippen molar-refractivity contribution in [1.29, 1.82) is 0 Å². The number of hydrogen-bond donors (Lipinski definition) is 3. The van der Waals surface area contributed by atoms with Crippen LogP contribution in [0.2, 0.25) is 0 Å². The van der Waals surface area contributed by atoms with Crippen LogP contribution in [0.4, 0.5) is 5.69 Å². The molecular formula is C22H20N6. The average Bonchev–Trinajstić information content (AvgIpc) is 3.30. The van der Waals surface area contributed by atoms with Crippen molar-refractivity contribution in [3.05, 3.63) is 61.1 Å². The van der Waals surface area contributed by atoms with Gasteiger partial charge in [0.1, 0.15) is 11.3 Å². The van der Waals surface area contributed by atoms with Crippen molar-refractivity contribution in [2.45, 2.75) is 19.9 Å². The lowest BCUT2D eigenvalue weighted by atomic mass is 10.0. The number of benzene rings is 1. The van der Waals surface area contributed by atoms with Crippen LogP contribution in [0, 0.1) is 0 Å². The standard InChI is InChI=1S/C22H20N6/c1-13(2)25-17-8-16(11-23-12-17)14-5-6-19-18(9-14)21(28-27-19)20-10-15-4-3-7-24-22(15)26-20/h3-13,25H,1-2H3,(H,24,26)(H,27,28). The summed E-state index contributed by atoms with van der Waals surface area (Å²) < 4.78 is 0. The number of H-pyrrole nitrogens is 2. The number of nitrogens with one attached hydrogen (secondary N) is 3. The van der Waals surface area contributed by atoms with Crippen molar-refractivity contribution in [2.75, 3.05) is 5.32 Å². The van der Waals surface area contributed by atoms with Crippen LogP contribution in [0.5, 0.6) is 0 Å². The van der Waals surface area contributed by atoms with Gasteiger partial charge in [-0.25, -0.2) is 4.98 Å². The summed E-state index contributed by atoms with van der Waals surface area (Å²) in [5, 5.41) is 13.2. The normalized spacial score (nSPS) is 11.5. The van der Waals surface area contributed by atoms with E-state index in [0.29, 0.717) is 6.04 Å². The Labute approximate surface area is 162 Å². The van der Waals surface area contributed by atoms with Crippen molar-refractivity contribution >= 4 is 27.6 Å². The molecule has 0 aliphatic carbocycles. The fraction of sp³-hybridized carbons (Fsp3) is 0.136. The Hall–Kier alpha value is -3.67. The van der Waals surface area contributed by atoms with Crippen LogP contribution in [-0.4, -0.2) is 31.2 Å². The van der Waals surface area contributed by atoms with Crippen molar-refractivity contribution in [2.24, 2.45) is 0 Å². The molecule has 0 amide bonds. The van der Waals surface area contributed by atoms with E-state index in [1.165, 1.54) is 0 Å². The minimum Gasteiger partial charge on any atom is -0.382 e. The van der Waals surface area contributed by atoms with Gasteiger partial charge in [-0.3, -0.25) is 10.1 Å². The minimum absolute atomic E-state index is 0.357. The molecule has 0 fully saturated rings. The molecule has 0 saturated heterocycles. The highest BCUT2D eigenvalue weighted by molar-refractivity contribution is 5.97. The molecule has 138 valence electrons. The topological polar surface area (TPSA) is 82.3 Å². The summed E-state index contributed by atoms with van der Waals surface area (Å²) in [6.45, 7) is 4.23. The van der Waals surface area contributed by atoms with Gasteiger partial charge in [0.05, 0.1) is 16.9 Å². The molecule has 0 aliphatic heterocycles. The summed E-state index contributed by atoms with van der Waals surface area (Å²) in [7, 11) is 0.